The van der Waals surface area contributed by atoms with E-state index in [0.717, 1.165) is 30.0 Å². The number of nitrogens with zero attached hydrogens (tertiary/aromatic N) is 1. The highest BCUT2D eigenvalue weighted by atomic mass is 16.5. The van der Waals surface area contributed by atoms with Gasteiger partial charge in [-0.25, -0.2) is 0 Å². The fraction of sp³-hybridized carbons (Fsp3) is 0.409. The predicted molar refractivity (Wildman–Crippen MR) is 106 cm³/mol. The molecule has 2 aromatic carbocycles. The van der Waals surface area contributed by atoms with Crippen molar-refractivity contribution >= 4 is 5.91 Å². The second kappa shape index (κ2) is 9.97. The van der Waals surface area contributed by atoms with Crippen molar-refractivity contribution in [1.82, 2.24) is 10.2 Å². The number of likely N-dealkylation sites (N-methyl/N-ethyl adjacent to an activating group) is 1. The molecule has 1 N–H and O–H groups in total. The summed E-state index contributed by atoms with van der Waals surface area (Å²) < 4.78 is 5.66. The van der Waals surface area contributed by atoms with Crippen molar-refractivity contribution in [2.75, 3.05) is 13.1 Å². The molecule has 0 heterocycles. The van der Waals surface area contributed by atoms with E-state index in [-0.39, 0.29) is 18.1 Å². The maximum absolute atomic E-state index is 12.9. The number of benzene rings is 2. The van der Waals surface area contributed by atoms with E-state index in [4.69, 9.17) is 4.74 Å². The number of amides is 1. The molecule has 4 heteroatoms. The van der Waals surface area contributed by atoms with Crippen molar-refractivity contribution in [3.05, 3.63) is 65.7 Å². The standard InChI is InChI=1S/C22H30N2O2/c1-5-24(6-2)21(19-10-8-7-9-11-19)22(25)23-16-18-12-14-20(15-13-18)26-17(3)4/h7-15,17,21H,5-6,16H2,1-4H3,(H,23,25). The molecular formula is C22H30N2O2. The number of nitrogens with one attached hydrogen (secondary N) is 1. The molecule has 1 atom stereocenters. The van der Waals surface area contributed by atoms with Crippen LogP contribution in [0.25, 0.3) is 0 Å². The topological polar surface area (TPSA) is 41.6 Å². The van der Waals surface area contributed by atoms with Gasteiger partial charge in [-0.05, 0) is 50.2 Å². The van der Waals surface area contributed by atoms with E-state index in [1.54, 1.807) is 0 Å². The fourth-order valence-electron chi connectivity index (χ4n) is 3.00. The van der Waals surface area contributed by atoms with Crippen LogP contribution in [0.3, 0.4) is 0 Å². The quantitative estimate of drug-likeness (QED) is 0.735. The molecule has 0 saturated heterocycles. The van der Waals surface area contributed by atoms with E-state index >= 15 is 0 Å². The smallest absolute Gasteiger partial charge is 0.242 e. The average Bonchev–Trinajstić information content (AvgIpc) is 2.65. The molecule has 0 saturated carbocycles. The van der Waals surface area contributed by atoms with Crippen molar-refractivity contribution in [3.63, 3.8) is 0 Å². The Morgan fingerprint density at radius 2 is 1.62 bits per heavy atom. The van der Waals surface area contributed by atoms with E-state index in [2.05, 4.69) is 24.1 Å². The summed E-state index contributed by atoms with van der Waals surface area (Å²) in [5.74, 6) is 0.878. The van der Waals surface area contributed by atoms with E-state index in [1.165, 1.54) is 0 Å². The number of ether oxygens (including phenoxy) is 1. The Morgan fingerprint density at radius 3 is 2.15 bits per heavy atom. The summed E-state index contributed by atoms with van der Waals surface area (Å²) in [6.45, 7) is 10.3. The second-order valence-electron chi connectivity index (χ2n) is 6.56. The Labute approximate surface area is 157 Å². The first-order valence-corrected chi connectivity index (χ1v) is 9.37. The maximum Gasteiger partial charge on any atom is 0.242 e. The summed E-state index contributed by atoms with van der Waals surface area (Å²) in [5, 5.41) is 3.09. The third-order valence-electron chi connectivity index (χ3n) is 4.30. The molecular weight excluding hydrogens is 324 g/mol. The summed E-state index contributed by atoms with van der Waals surface area (Å²) in [6, 6.07) is 17.6. The van der Waals surface area contributed by atoms with Gasteiger partial charge in [-0.3, -0.25) is 9.69 Å². The molecule has 4 nitrogen and oxygen atoms in total. The highest BCUT2D eigenvalue weighted by molar-refractivity contribution is 5.83. The first kappa shape index (κ1) is 20.0. The monoisotopic (exact) mass is 354 g/mol. The Bertz CT molecular complexity index is 664. The molecule has 0 aliphatic heterocycles. The lowest BCUT2D eigenvalue weighted by molar-refractivity contribution is -0.126. The van der Waals surface area contributed by atoms with Gasteiger partial charge in [0.25, 0.3) is 0 Å². The van der Waals surface area contributed by atoms with Gasteiger partial charge in [0.05, 0.1) is 6.10 Å². The van der Waals surface area contributed by atoms with Crippen molar-refractivity contribution in [2.24, 2.45) is 0 Å². The van der Waals surface area contributed by atoms with Crippen molar-refractivity contribution < 1.29 is 9.53 Å². The molecule has 0 aliphatic rings. The minimum absolute atomic E-state index is 0.0300. The number of hydrogen-bond donors (Lipinski definition) is 1. The third-order valence-corrected chi connectivity index (χ3v) is 4.30. The summed E-state index contributed by atoms with van der Waals surface area (Å²) in [6.07, 6.45) is 0.154. The molecule has 140 valence electrons. The zero-order valence-corrected chi connectivity index (χ0v) is 16.2. The largest absolute Gasteiger partial charge is 0.491 e. The van der Waals surface area contributed by atoms with Crippen LogP contribution in [-0.2, 0) is 11.3 Å². The van der Waals surface area contributed by atoms with Gasteiger partial charge in [-0.1, -0.05) is 56.3 Å². The van der Waals surface area contributed by atoms with Crippen molar-refractivity contribution in [2.45, 2.75) is 46.4 Å². The summed E-state index contributed by atoms with van der Waals surface area (Å²) in [5.41, 5.74) is 2.08. The zero-order chi connectivity index (χ0) is 18.9. The molecule has 1 amide bonds. The minimum Gasteiger partial charge on any atom is -0.491 e. The summed E-state index contributed by atoms with van der Waals surface area (Å²) in [7, 11) is 0. The summed E-state index contributed by atoms with van der Waals surface area (Å²) in [4.78, 5) is 15.1. The molecule has 1 unspecified atom stereocenters. The first-order chi connectivity index (χ1) is 12.5. The highest BCUT2D eigenvalue weighted by Crippen LogP contribution is 2.21. The second-order valence-corrected chi connectivity index (χ2v) is 6.56. The Balaban J connectivity index is 2.05. The normalized spacial score (nSPS) is 12.2. The molecule has 2 rings (SSSR count). The van der Waals surface area contributed by atoms with Gasteiger partial charge in [-0.15, -0.1) is 0 Å². The lowest BCUT2D eigenvalue weighted by Crippen LogP contribution is -2.40. The van der Waals surface area contributed by atoms with Crippen LogP contribution in [0, 0.1) is 0 Å². The molecule has 0 fully saturated rings. The molecule has 2 aromatic rings. The molecule has 0 aromatic heterocycles. The minimum atomic E-state index is -0.269. The van der Waals surface area contributed by atoms with Gasteiger partial charge in [-0.2, -0.15) is 0 Å². The number of carbonyl (C=O) groups is 1. The van der Waals surface area contributed by atoms with Crippen LogP contribution in [0.4, 0.5) is 0 Å². The van der Waals surface area contributed by atoms with Crippen molar-refractivity contribution in [1.29, 1.82) is 0 Å². The Kier molecular flexibility index (Phi) is 7.67. The van der Waals surface area contributed by atoms with E-state index < -0.39 is 0 Å². The van der Waals surface area contributed by atoms with Gasteiger partial charge >= 0.3 is 0 Å². The van der Waals surface area contributed by atoms with Crippen LogP contribution in [0.1, 0.15) is 44.9 Å². The fourth-order valence-corrected chi connectivity index (χ4v) is 3.00. The number of rotatable bonds is 9. The van der Waals surface area contributed by atoms with E-state index in [1.807, 2.05) is 68.4 Å². The highest BCUT2D eigenvalue weighted by Gasteiger charge is 2.25. The molecule has 26 heavy (non-hydrogen) atoms. The van der Waals surface area contributed by atoms with Gasteiger partial charge in [0.1, 0.15) is 11.8 Å². The van der Waals surface area contributed by atoms with Crippen LogP contribution < -0.4 is 10.1 Å². The lowest BCUT2D eigenvalue weighted by atomic mass is 10.0. The molecule has 0 radical (unpaired) electrons. The number of hydrogen-bond acceptors (Lipinski definition) is 3. The first-order valence-electron chi connectivity index (χ1n) is 9.37. The summed E-state index contributed by atoms with van der Waals surface area (Å²) >= 11 is 0. The molecule has 0 bridgehead atoms. The Hall–Kier alpha value is -2.33. The van der Waals surface area contributed by atoms with Crippen LogP contribution >= 0.6 is 0 Å². The SMILES string of the molecule is CCN(CC)C(C(=O)NCc1ccc(OC(C)C)cc1)c1ccccc1. The molecule has 0 spiro atoms. The van der Waals surface area contributed by atoms with E-state index in [0.29, 0.717) is 6.54 Å². The lowest BCUT2D eigenvalue weighted by Gasteiger charge is -2.29. The van der Waals surface area contributed by atoms with Crippen molar-refractivity contribution in [3.8, 4) is 5.75 Å². The van der Waals surface area contributed by atoms with Crippen LogP contribution in [-0.4, -0.2) is 30.0 Å². The van der Waals surface area contributed by atoms with Crippen LogP contribution in [0.2, 0.25) is 0 Å². The van der Waals surface area contributed by atoms with E-state index in [9.17, 15) is 4.79 Å². The predicted octanol–water partition coefficient (Wildman–Crippen LogP) is 4.17. The molecule has 0 aliphatic carbocycles. The van der Waals surface area contributed by atoms with Crippen LogP contribution in [0.5, 0.6) is 5.75 Å². The van der Waals surface area contributed by atoms with Crippen LogP contribution in [0.15, 0.2) is 54.6 Å². The third kappa shape index (κ3) is 5.60. The maximum atomic E-state index is 12.9. The zero-order valence-electron chi connectivity index (χ0n) is 16.2. The Morgan fingerprint density at radius 1 is 1.00 bits per heavy atom. The van der Waals surface area contributed by atoms with Gasteiger partial charge in [0.15, 0.2) is 0 Å². The number of carbonyl (C=O) groups excluding carboxylic acids is 1. The van der Waals surface area contributed by atoms with Gasteiger partial charge in [0.2, 0.25) is 5.91 Å². The van der Waals surface area contributed by atoms with Gasteiger partial charge < -0.3 is 10.1 Å². The average molecular weight is 354 g/mol. The van der Waals surface area contributed by atoms with Gasteiger partial charge in [0, 0.05) is 6.54 Å².